The molecule has 3 amide bonds. The molecule has 0 spiro atoms. The molecule has 0 bridgehead atoms. The number of carbonyl (C=O) groups is 2. The summed E-state index contributed by atoms with van der Waals surface area (Å²) in [5, 5.41) is 5.54. The van der Waals surface area contributed by atoms with Crippen LogP contribution in [0, 0.1) is 0 Å². The van der Waals surface area contributed by atoms with Crippen LogP contribution in [0.15, 0.2) is 11.8 Å². The van der Waals surface area contributed by atoms with Crippen molar-refractivity contribution in [2.24, 2.45) is 5.73 Å². The highest BCUT2D eigenvalue weighted by atomic mass is 16.2. The number of hydrogen-bond acceptors (Lipinski definition) is 3. The zero-order valence-electron chi connectivity index (χ0n) is 6.70. The Bertz CT molecular complexity index is 247. The van der Waals surface area contributed by atoms with Gasteiger partial charge in [0.15, 0.2) is 0 Å². The van der Waals surface area contributed by atoms with Gasteiger partial charge in [-0.3, -0.25) is 4.79 Å². The molecule has 12 heavy (non-hydrogen) atoms. The molecule has 1 heterocycles. The summed E-state index contributed by atoms with van der Waals surface area (Å²) in [6.45, 7) is 1.87. The molecule has 5 nitrogen and oxygen atoms in total. The van der Waals surface area contributed by atoms with E-state index in [1.165, 1.54) is 6.08 Å². The highest BCUT2D eigenvalue weighted by Crippen LogP contribution is 2.03. The number of nitrogens with zero attached hydrogens (tertiary/aromatic N) is 1. The summed E-state index contributed by atoms with van der Waals surface area (Å²) in [6.07, 6.45) is 1.91. The quantitative estimate of drug-likeness (QED) is 0.580. The lowest BCUT2D eigenvalue weighted by Gasteiger charge is -2.17. The van der Waals surface area contributed by atoms with E-state index in [-0.39, 0.29) is 6.04 Å². The molecule has 0 saturated carbocycles. The van der Waals surface area contributed by atoms with Crippen LogP contribution < -0.4 is 16.4 Å². The SMILES string of the molecule is CCC(N)C1=CC(=O)[N]C(=O)N1. The maximum atomic E-state index is 10.7. The van der Waals surface area contributed by atoms with E-state index >= 15 is 0 Å². The number of nitrogens with two attached hydrogens (primary N) is 1. The van der Waals surface area contributed by atoms with E-state index in [4.69, 9.17) is 5.73 Å². The molecule has 1 aliphatic heterocycles. The third-order valence-electron chi connectivity index (χ3n) is 1.58. The van der Waals surface area contributed by atoms with Crippen molar-refractivity contribution >= 4 is 11.9 Å². The molecule has 0 aromatic carbocycles. The number of nitrogens with one attached hydrogen (secondary N) is 1. The Morgan fingerprint density at radius 2 is 2.33 bits per heavy atom. The third kappa shape index (κ3) is 1.82. The normalized spacial score (nSPS) is 19.3. The molecule has 1 aliphatic rings. The molecular formula is C7H10N3O2. The van der Waals surface area contributed by atoms with Crippen molar-refractivity contribution in [3.8, 4) is 0 Å². The molecule has 1 unspecified atom stereocenters. The predicted octanol–water partition coefficient (Wildman–Crippen LogP) is -0.538. The van der Waals surface area contributed by atoms with Crippen molar-refractivity contribution in [2.75, 3.05) is 0 Å². The third-order valence-corrected chi connectivity index (χ3v) is 1.58. The first-order valence-electron chi connectivity index (χ1n) is 3.67. The number of urea groups is 1. The Kier molecular flexibility index (Phi) is 2.44. The van der Waals surface area contributed by atoms with E-state index in [9.17, 15) is 9.59 Å². The van der Waals surface area contributed by atoms with Crippen LogP contribution in [0.3, 0.4) is 0 Å². The van der Waals surface area contributed by atoms with Gasteiger partial charge in [-0.2, -0.15) is 5.32 Å². The topological polar surface area (TPSA) is 86.3 Å². The van der Waals surface area contributed by atoms with Gasteiger partial charge in [0, 0.05) is 17.8 Å². The predicted molar refractivity (Wildman–Crippen MR) is 42.0 cm³/mol. The van der Waals surface area contributed by atoms with Gasteiger partial charge in [-0.1, -0.05) is 6.92 Å². The molecule has 1 radical (unpaired) electrons. The second kappa shape index (κ2) is 3.36. The number of carbonyl (C=O) groups excluding carboxylic acids is 2. The lowest BCUT2D eigenvalue weighted by Crippen LogP contribution is -2.43. The Morgan fingerprint density at radius 1 is 1.67 bits per heavy atom. The zero-order chi connectivity index (χ0) is 9.14. The highest BCUT2D eigenvalue weighted by Gasteiger charge is 2.20. The second-order valence-corrected chi connectivity index (χ2v) is 2.49. The molecule has 0 saturated heterocycles. The van der Waals surface area contributed by atoms with Crippen molar-refractivity contribution in [1.29, 1.82) is 0 Å². The fourth-order valence-electron chi connectivity index (χ4n) is 0.873. The zero-order valence-corrected chi connectivity index (χ0v) is 6.70. The van der Waals surface area contributed by atoms with Crippen LogP contribution in [0.25, 0.3) is 0 Å². The molecule has 65 valence electrons. The van der Waals surface area contributed by atoms with Crippen LogP contribution >= 0.6 is 0 Å². The van der Waals surface area contributed by atoms with Gasteiger partial charge in [0.05, 0.1) is 0 Å². The summed E-state index contributed by atoms with van der Waals surface area (Å²) in [5.74, 6) is -0.544. The van der Waals surface area contributed by atoms with Crippen LogP contribution in [0.2, 0.25) is 0 Å². The van der Waals surface area contributed by atoms with E-state index in [2.05, 4.69) is 10.6 Å². The van der Waals surface area contributed by atoms with E-state index in [0.717, 1.165) is 0 Å². The number of amides is 3. The maximum Gasteiger partial charge on any atom is 0.348 e. The van der Waals surface area contributed by atoms with E-state index in [1.54, 1.807) is 0 Å². The van der Waals surface area contributed by atoms with Crippen LogP contribution in [0.4, 0.5) is 4.79 Å². The Hall–Kier alpha value is -1.36. The lowest BCUT2D eigenvalue weighted by atomic mass is 10.1. The van der Waals surface area contributed by atoms with Gasteiger partial charge in [0.1, 0.15) is 0 Å². The van der Waals surface area contributed by atoms with Gasteiger partial charge in [-0.15, -0.1) is 0 Å². The van der Waals surface area contributed by atoms with Gasteiger partial charge >= 0.3 is 6.03 Å². The Labute approximate surface area is 70.0 Å². The van der Waals surface area contributed by atoms with Crippen molar-refractivity contribution in [3.05, 3.63) is 11.8 Å². The standard InChI is InChI=1S/C7H10N3O2/c1-2-4(8)5-3-6(11)10-7(12)9-5/h3-4H,2,8H2,1H3,(H,9,12). The van der Waals surface area contributed by atoms with Gasteiger partial charge in [0.25, 0.3) is 5.91 Å². The van der Waals surface area contributed by atoms with Crippen LogP contribution in [0.5, 0.6) is 0 Å². The smallest absolute Gasteiger partial charge is 0.323 e. The molecule has 0 fully saturated rings. The first kappa shape index (κ1) is 8.73. The number of hydrogen-bond donors (Lipinski definition) is 2. The molecule has 0 aromatic rings. The van der Waals surface area contributed by atoms with Crippen molar-refractivity contribution < 1.29 is 9.59 Å². The Morgan fingerprint density at radius 3 is 2.83 bits per heavy atom. The molecule has 1 atom stereocenters. The lowest BCUT2D eigenvalue weighted by molar-refractivity contribution is -0.116. The van der Waals surface area contributed by atoms with E-state index < -0.39 is 11.9 Å². The summed E-state index contributed by atoms with van der Waals surface area (Å²) in [6, 6.07) is -0.935. The van der Waals surface area contributed by atoms with Crippen molar-refractivity contribution in [1.82, 2.24) is 10.6 Å². The summed E-state index contributed by atoms with van der Waals surface area (Å²) in [7, 11) is 0. The summed E-state index contributed by atoms with van der Waals surface area (Å²) < 4.78 is 0. The number of rotatable bonds is 2. The average Bonchev–Trinajstić information content (AvgIpc) is 2.01. The molecular weight excluding hydrogens is 158 g/mol. The average molecular weight is 168 g/mol. The summed E-state index contributed by atoms with van der Waals surface area (Å²) >= 11 is 0. The van der Waals surface area contributed by atoms with Crippen molar-refractivity contribution in [2.45, 2.75) is 19.4 Å². The molecule has 3 N–H and O–H groups in total. The minimum Gasteiger partial charge on any atom is -0.323 e. The monoisotopic (exact) mass is 168 g/mol. The summed E-state index contributed by atoms with van der Waals surface area (Å²) in [4.78, 5) is 21.5. The molecule has 0 aliphatic carbocycles. The fourth-order valence-corrected chi connectivity index (χ4v) is 0.873. The first-order valence-corrected chi connectivity index (χ1v) is 3.67. The van der Waals surface area contributed by atoms with Crippen LogP contribution in [-0.4, -0.2) is 18.0 Å². The molecule has 1 rings (SSSR count). The minimum atomic E-state index is -0.638. The van der Waals surface area contributed by atoms with Crippen LogP contribution in [0.1, 0.15) is 13.3 Å². The van der Waals surface area contributed by atoms with Gasteiger partial charge < -0.3 is 11.1 Å². The van der Waals surface area contributed by atoms with Gasteiger partial charge in [-0.25, -0.2) is 4.79 Å². The van der Waals surface area contributed by atoms with Crippen molar-refractivity contribution in [3.63, 3.8) is 0 Å². The minimum absolute atomic E-state index is 0.298. The highest BCUT2D eigenvalue weighted by molar-refractivity contribution is 6.03. The first-order chi connectivity index (χ1) is 5.63. The van der Waals surface area contributed by atoms with E-state index in [1.807, 2.05) is 6.92 Å². The number of imide groups is 1. The summed E-state index contributed by atoms with van der Waals surface area (Å²) in [5.41, 5.74) is 6.04. The Balaban J connectivity index is 2.76. The fraction of sp³-hybridized carbons (Fsp3) is 0.429. The maximum absolute atomic E-state index is 10.7. The van der Waals surface area contributed by atoms with Crippen LogP contribution in [-0.2, 0) is 4.79 Å². The largest absolute Gasteiger partial charge is 0.348 e. The second-order valence-electron chi connectivity index (χ2n) is 2.49. The molecule has 5 heteroatoms. The van der Waals surface area contributed by atoms with Gasteiger partial charge in [-0.05, 0) is 6.42 Å². The van der Waals surface area contributed by atoms with E-state index in [0.29, 0.717) is 12.1 Å². The molecule has 0 aromatic heterocycles. The van der Waals surface area contributed by atoms with Gasteiger partial charge in [0.2, 0.25) is 0 Å².